The van der Waals surface area contributed by atoms with Gasteiger partial charge in [0.1, 0.15) is 5.75 Å². The Kier molecular flexibility index (Phi) is 5.62. The monoisotopic (exact) mass is 290 g/mol. The summed E-state index contributed by atoms with van der Waals surface area (Å²) in [7, 11) is 1.96. The predicted octanol–water partition coefficient (Wildman–Crippen LogP) is 2.22. The molecule has 1 aromatic carbocycles. The number of benzene rings is 1. The van der Waals surface area contributed by atoms with Crippen molar-refractivity contribution in [2.45, 2.75) is 32.8 Å². The van der Waals surface area contributed by atoms with Crippen molar-refractivity contribution in [2.24, 2.45) is 5.92 Å². The second-order valence-corrected chi connectivity index (χ2v) is 5.83. The number of ether oxygens (including phenoxy) is 1. The van der Waals surface area contributed by atoms with Gasteiger partial charge in [0.2, 0.25) is 0 Å². The first-order valence-corrected chi connectivity index (χ1v) is 7.80. The maximum absolute atomic E-state index is 12.6. The maximum atomic E-state index is 12.6. The molecule has 1 aromatic rings. The summed E-state index contributed by atoms with van der Waals surface area (Å²) >= 11 is 0. The minimum atomic E-state index is -0.375. The van der Waals surface area contributed by atoms with E-state index in [-0.39, 0.29) is 12.0 Å². The van der Waals surface area contributed by atoms with E-state index in [1.165, 1.54) is 0 Å². The summed E-state index contributed by atoms with van der Waals surface area (Å²) in [6.07, 6.45) is 1.40. The molecule has 4 nitrogen and oxygen atoms in total. The summed E-state index contributed by atoms with van der Waals surface area (Å²) in [5.41, 5.74) is 1.14. The minimum Gasteiger partial charge on any atom is -0.481 e. The van der Waals surface area contributed by atoms with E-state index in [0.29, 0.717) is 12.3 Å². The highest BCUT2D eigenvalue weighted by Gasteiger charge is 2.30. The maximum Gasteiger partial charge on any atom is 0.263 e. The molecule has 2 unspecified atom stereocenters. The van der Waals surface area contributed by atoms with E-state index in [9.17, 15) is 4.79 Å². The average molecular weight is 290 g/mol. The molecular formula is C17H26N2O2. The zero-order valence-corrected chi connectivity index (χ0v) is 13.3. The molecule has 0 bridgehead atoms. The van der Waals surface area contributed by atoms with Crippen molar-refractivity contribution < 1.29 is 9.53 Å². The number of hydrogen-bond donors (Lipinski definition) is 1. The molecule has 0 saturated carbocycles. The van der Waals surface area contributed by atoms with Crippen molar-refractivity contribution in [1.82, 2.24) is 10.2 Å². The molecule has 0 aromatic heterocycles. The fourth-order valence-corrected chi connectivity index (χ4v) is 2.85. The smallest absolute Gasteiger partial charge is 0.263 e. The number of nitrogens with zero attached hydrogens (tertiary/aromatic N) is 1. The molecule has 1 N–H and O–H groups in total. The van der Waals surface area contributed by atoms with Crippen LogP contribution in [0.3, 0.4) is 0 Å². The third kappa shape index (κ3) is 4.21. The fourth-order valence-electron chi connectivity index (χ4n) is 2.85. The lowest BCUT2D eigenvalue weighted by Gasteiger charge is -2.23. The van der Waals surface area contributed by atoms with Gasteiger partial charge in [-0.2, -0.15) is 0 Å². The molecule has 1 aliphatic heterocycles. The summed E-state index contributed by atoms with van der Waals surface area (Å²) < 4.78 is 5.91. The second kappa shape index (κ2) is 7.46. The van der Waals surface area contributed by atoms with Crippen LogP contribution in [0.4, 0.5) is 0 Å². The number of aryl methyl sites for hydroxylation is 1. The molecule has 116 valence electrons. The normalized spacial score (nSPS) is 19.6. The van der Waals surface area contributed by atoms with Crippen molar-refractivity contribution in [3.63, 3.8) is 0 Å². The summed E-state index contributed by atoms with van der Waals surface area (Å²) in [6, 6.07) is 7.87. The molecule has 1 heterocycles. The summed E-state index contributed by atoms with van der Waals surface area (Å²) in [4.78, 5) is 14.5. The number of carbonyl (C=O) groups excluding carboxylic acids is 1. The molecule has 21 heavy (non-hydrogen) atoms. The van der Waals surface area contributed by atoms with Crippen molar-refractivity contribution >= 4 is 5.91 Å². The van der Waals surface area contributed by atoms with E-state index in [1.807, 2.05) is 50.1 Å². The molecule has 2 rings (SSSR count). The lowest BCUT2D eigenvalue weighted by molar-refractivity contribution is -0.137. The van der Waals surface area contributed by atoms with Gasteiger partial charge in [-0.05, 0) is 57.0 Å². The topological polar surface area (TPSA) is 41.6 Å². The van der Waals surface area contributed by atoms with Gasteiger partial charge in [0, 0.05) is 13.1 Å². The lowest BCUT2D eigenvalue weighted by Crippen LogP contribution is -2.40. The van der Waals surface area contributed by atoms with Crippen molar-refractivity contribution in [3.8, 4) is 5.75 Å². The standard InChI is InChI=1S/C17H26N2O2/c1-4-16(21-15-7-5-6-13(2)10-15)17(20)19-9-8-14(12-19)11-18-3/h5-7,10,14,16,18H,4,8-9,11-12H2,1-3H3. The van der Waals surface area contributed by atoms with Gasteiger partial charge in [-0.25, -0.2) is 0 Å². The van der Waals surface area contributed by atoms with E-state index < -0.39 is 0 Å². The first-order valence-electron chi connectivity index (χ1n) is 7.80. The van der Waals surface area contributed by atoms with Crippen LogP contribution in [0.15, 0.2) is 24.3 Å². The molecule has 0 spiro atoms. The van der Waals surface area contributed by atoms with E-state index >= 15 is 0 Å². The van der Waals surface area contributed by atoms with Crippen molar-refractivity contribution in [1.29, 1.82) is 0 Å². The number of hydrogen-bond acceptors (Lipinski definition) is 3. The Balaban J connectivity index is 1.96. The molecule has 0 radical (unpaired) electrons. The Bertz CT molecular complexity index is 476. The number of amides is 1. The third-order valence-electron chi connectivity index (χ3n) is 4.00. The lowest BCUT2D eigenvalue weighted by atomic mass is 10.1. The van der Waals surface area contributed by atoms with E-state index in [0.717, 1.165) is 37.4 Å². The summed E-state index contributed by atoms with van der Waals surface area (Å²) in [6.45, 7) is 6.68. The van der Waals surface area contributed by atoms with Crippen molar-refractivity contribution in [3.05, 3.63) is 29.8 Å². The highest BCUT2D eigenvalue weighted by molar-refractivity contribution is 5.81. The van der Waals surface area contributed by atoms with E-state index in [1.54, 1.807) is 0 Å². The predicted molar refractivity (Wildman–Crippen MR) is 84.5 cm³/mol. The van der Waals surface area contributed by atoms with E-state index in [4.69, 9.17) is 4.74 Å². The largest absolute Gasteiger partial charge is 0.481 e. The van der Waals surface area contributed by atoms with Gasteiger partial charge in [-0.1, -0.05) is 19.1 Å². The van der Waals surface area contributed by atoms with Gasteiger partial charge < -0.3 is 15.0 Å². The van der Waals surface area contributed by atoms with Crippen LogP contribution in [0.5, 0.6) is 5.75 Å². The first kappa shape index (κ1) is 15.8. The number of rotatable bonds is 6. The second-order valence-electron chi connectivity index (χ2n) is 5.83. The van der Waals surface area contributed by atoms with Crippen LogP contribution in [0, 0.1) is 12.8 Å². The molecular weight excluding hydrogens is 264 g/mol. The molecule has 2 atom stereocenters. The molecule has 1 amide bonds. The van der Waals surface area contributed by atoms with Crippen LogP contribution in [-0.2, 0) is 4.79 Å². The Morgan fingerprint density at radius 3 is 3.00 bits per heavy atom. The van der Waals surface area contributed by atoms with Crippen LogP contribution in [0.2, 0.25) is 0 Å². The Hall–Kier alpha value is -1.55. The summed E-state index contributed by atoms with van der Waals surface area (Å²) in [5, 5.41) is 3.19. The zero-order valence-electron chi connectivity index (χ0n) is 13.3. The van der Waals surface area contributed by atoms with Gasteiger partial charge in [-0.3, -0.25) is 4.79 Å². The third-order valence-corrected chi connectivity index (χ3v) is 4.00. The number of nitrogens with one attached hydrogen (secondary N) is 1. The van der Waals surface area contributed by atoms with Gasteiger partial charge in [0.15, 0.2) is 6.10 Å². The Morgan fingerprint density at radius 2 is 2.33 bits per heavy atom. The Morgan fingerprint density at radius 1 is 1.52 bits per heavy atom. The van der Waals surface area contributed by atoms with Crippen LogP contribution in [0.1, 0.15) is 25.3 Å². The molecule has 1 aliphatic rings. The Labute approximate surface area is 127 Å². The van der Waals surface area contributed by atoms with Crippen LogP contribution < -0.4 is 10.1 Å². The quantitative estimate of drug-likeness (QED) is 0.873. The molecule has 1 saturated heterocycles. The molecule has 4 heteroatoms. The fraction of sp³-hybridized carbons (Fsp3) is 0.588. The molecule has 0 aliphatic carbocycles. The number of carbonyl (C=O) groups is 1. The van der Waals surface area contributed by atoms with Gasteiger partial charge in [-0.15, -0.1) is 0 Å². The number of likely N-dealkylation sites (tertiary alicyclic amines) is 1. The summed E-state index contributed by atoms with van der Waals surface area (Å²) in [5.74, 6) is 1.47. The van der Waals surface area contributed by atoms with Crippen LogP contribution >= 0.6 is 0 Å². The average Bonchev–Trinajstić information content (AvgIpc) is 2.93. The molecule has 1 fully saturated rings. The van der Waals surface area contributed by atoms with Gasteiger partial charge in [0.05, 0.1) is 0 Å². The van der Waals surface area contributed by atoms with Crippen molar-refractivity contribution in [2.75, 3.05) is 26.7 Å². The minimum absolute atomic E-state index is 0.123. The highest BCUT2D eigenvalue weighted by atomic mass is 16.5. The highest BCUT2D eigenvalue weighted by Crippen LogP contribution is 2.20. The SMILES string of the molecule is CCC(Oc1cccc(C)c1)C(=O)N1CCC(CNC)C1. The van der Waals surface area contributed by atoms with E-state index in [2.05, 4.69) is 5.32 Å². The zero-order chi connectivity index (χ0) is 15.2. The van der Waals surface area contributed by atoms with Crippen LogP contribution in [-0.4, -0.2) is 43.6 Å². The first-order chi connectivity index (χ1) is 10.1. The van der Waals surface area contributed by atoms with Gasteiger partial charge in [0.25, 0.3) is 5.91 Å². The van der Waals surface area contributed by atoms with Crippen LogP contribution in [0.25, 0.3) is 0 Å². The van der Waals surface area contributed by atoms with Gasteiger partial charge >= 0.3 is 0 Å².